The lowest BCUT2D eigenvalue weighted by molar-refractivity contribution is 0.0739. The molecule has 3 aromatic rings. The summed E-state index contributed by atoms with van der Waals surface area (Å²) < 4.78 is 2.27. The average Bonchev–Trinajstić information content (AvgIpc) is 3.29. The molecule has 0 unspecified atom stereocenters. The maximum absolute atomic E-state index is 13.5. The molecule has 214 valence electrons. The van der Waals surface area contributed by atoms with Gasteiger partial charge in [-0.1, -0.05) is 27.7 Å². The van der Waals surface area contributed by atoms with Crippen LogP contribution in [0.1, 0.15) is 69.2 Å². The highest BCUT2D eigenvalue weighted by Crippen LogP contribution is 2.31. The van der Waals surface area contributed by atoms with Crippen LogP contribution in [0.25, 0.3) is 21.8 Å². The molecule has 7 heteroatoms. The molecule has 0 N–H and O–H groups in total. The van der Waals surface area contributed by atoms with Gasteiger partial charge in [-0.2, -0.15) is 0 Å². The van der Waals surface area contributed by atoms with Gasteiger partial charge in [-0.15, -0.1) is 0 Å². The summed E-state index contributed by atoms with van der Waals surface area (Å²) in [6, 6.07) is 12.1. The number of aromatic nitrogens is 1. The van der Waals surface area contributed by atoms with Crippen molar-refractivity contribution in [2.45, 2.75) is 55.0 Å². The van der Waals surface area contributed by atoms with E-state index in [0.717, 1.165) is 67.6 Å². The molecular formula is C32H49N5O2. The minimum atomic E-state index is 0.0600. The number of aryl methyl sites for hydroxylation is 1. The van der Waals surface area contributed by atoms with E-state index in [0.29, 0.717) is 37.3 Å². The van der Waals surface area contributed by atoms with Crippen LogP contribution in [0.2, 0.25) is 0 Å². The summed E-state index contributed by atoms with van der Waals surface area (Å²) in [4.78, 5) is 35.6. The fraction of sp³-hybridized carbons (Fsp3) is 0.562. The van der Waals surface area contributed by atoms with E-state index in [-0.39, 0.29) is 11.8 Å². The summed E-state index contributed by atoms with van der Waals surface area (Å²) in [5, 5.41) is 2.05. The van der Waals surface area contributed by atoms with E-state index in [1.165, 1.54) is 0 Å². The molecule has 7 nitrogen and oxygen atoms in total. The first-order chi connectivity index (χ1) is 18.9. The molecule has 0 saturated heterocycles. The van der Waals surface area contributed by atoms with Gasteiger partial charge in [0.25, 0.3) is 11.8 Å². The normalized spacial score (nSPS) is 11.7. The summed E-state index contributed by atoms with van der Waals surface area (Å²) in [7, 11) is 0. The Bertz CT molecular complexity index is 1150. The van der Waals surface area contributed by atoms with Crippen LogP contribution in [0.4, 0.5) is 0 Å². The monoisotopic (exact) mass is 535 g/mol. The van der Waals surface area contributed by atoms with Crippen LogP contribution in [-0.2, 0) is 6.54 Å². The van der Waals surface area contributed by atoms with Crippen molar-refractivity contribution in [3.8, 4) is 0 Å². The summed E-state index contributed by atoms with van der Waals surface area (Å²) in [6.07, 6.45) is 0. The molecule has 0 spiro atoms. The van der Waals surface area contributed by atoms with Crippen molar-refractivity contribution >= 4 is 33.6 Å². The average molecular weight is 536 g/mol. The van der Waals surface area contributed by atoms with Crippen LogP contribution in [-0.4, -0.2) is 101 Å². The Labute approximate surface area is 235 Å². The third-order valence-corrected chi connectivity index (χ3v) is 8.17. The van der Waals surface area contributed by atoms with Gasteiger partial charge in [0.2, 0.25) is 0 Å². The van der Waals surface area contributed by atoms with Gasteiger partial charge < -0.3 is 24.2 Å². The fourth-order valence-corrected chi connectivity index (χ4v) is 5.49. The van der Waals surface area contributed by atoms with Gasteiger partial charge in [0, 0.05) is 78.7 Å². The highest BCUT2D eigenvalue weighted by atomic mass is 16.2. The molecule has 0 fully saturated rings. The SMILES string of the molecule is CCN(CC)CCN(CC)C(=O)c1ccc2c(c1)c1cc(C(=O)N(CC)CCN(CC)CC)ccc1n2CC. The van der Waals surface area contributed by atoms with Gasteiger partial charge >= 0.3 is 0 Å². The molecule has 1 aromatic heterocycles. The Kier molecular flexibility index (Phi) is 11.4. The van der Waals surface area contributed by atoms with E-state index in [1.807, 2.05) is 47.9 Å². The van der Waals surface area contributed by atoms with Crippen LogP contribution < -0.4 is 0 Å². The maximum Gasteiger partial charge on any atom is 0.253 e. The zero-order chi connectivity index (χ0) is 28.5. The lowest BCUT2D eigenvalue weighted by atomic mass is 10.1. The number of likely N-dealkylation sites (N-methyl/N-ethyl adjacent to an activating group) is 4. The molecule has 2 aromatic carbocycles. The Morgan fingerprint density at radius 3 is 1.26 bits per heavy atom. The topological polar surface area (TPSA) is 52.0 Å². The van der Waals surface area contributed by atoms with Crippen molar-refractivity contribution in [2.24, 2.45) is 0 Å². The van der Waals surface area contributed by atoms with Gasteiger partial charge in [0.05, 0.1) is 0 Å². The number of fused-ring (bicyclic) bond motifs is 3. The minimum Gasteiger partial charge on any atom is -0.341 e. The van der Waals surface area contributed by atoms with Crippen molar-refractivity contribution in [3.05, 3.63) is 47.5 Å². The fourth-order valence-electron chi connectivity index (χ4n) is 5.49. The predicted molar refractivity (Wildman–Crippen MR) is 164 cm³/mol. The quantitative estimate of drug-likeness (QED) is 0.261. The molecule has 0 saturated carbocycles. The minimum absolute atomic E-state index is 0.0600. The van der Waals surface area contributed by atoms with E-state index in [9.17, 15) is 9.59 Å². The van der Waals surface area contributed by atoms with Crippen LogP contribution in [0, 0.1) is 0 Å². The molecule has 0 aliphatic rings. The first kappa shape index (κ1) is 30.6. The maximum atomic E-state index is 13.5. The number of rotatable bonds is 15. The molecule has 2 amide bonds. The zero-order valence-corrected chi connectivity index (χ0v) is 25.3. The Morgan fingerprint density at radius 2 is 0.949 bits per heavy atom. The highest BCUT2D eigenvalue weighted by molar-refractivity contribution is 6.12. The number of hydrogen-bond acceptors (Lipinski definition) is 4. The van der Waals surface area contributed by atoms with E-state index in [1.54, 1.807) is 0 Å². The van der Waals surface area contributed by atoms with E-state index in [2.05, 4.69) is 61.1 Å². The van der Waals surface area contributed by atoms with Crippen molar-refractivity contribution in [1.82, 2.24) is 24.2 Å². The van der Waals surface area contributed by atoms with Crippen molar-refractivity contribution in [3.63, 3.8) is 0 Å². The number of carbonyl (C=O) groups excluding carboxylic acids is 2. The Morgan fingerprint density at radius 1 is 0.564 bits per heavy atom. The second-order valence-corrected chi connectivity index (χ2v) is 10.0. The Balaban J connectivity index is 1.96. The van der Waals surface area contributed by atoms with Crippen LogP contribution in [0.15, 0.2) is 36.4 Å². The molecule has 3 rings (SSSR count). The smallest absolute Gasteiger partial charge is 0.253 e. The second-order valence-electron chi connectivity index (χ2n) is 10.0. The predicted octanol–water partition coefficient (Wildman–Crippen LogP) is 5.42. The standard InChI is InChI=1S/C32H49N5O2/c1-8-33(9-2)19-21-35(12-5)31(38)25-15-17-29-27(23-25)28-24-26(16-18-30(28)37(29)14-7)32(39)36(13-6)22-20-34(10-3)11-4/h15-18,23-24H,8-14,19-22H2,1-7H3. The first-order valence-electron chi connectivity index (χ1n) is 15.0. The van der Waals surface area contributed by atoms with Crippen molar-refractivity contribution in [2.75, 3.05) is 65.4 Å². The Hall–Kier alpha value is -2.90. The summed E-state index contributed by atoms with van der Waals surface area (Å²) in [5.74, 6) is 0.120. The van der Waals surface area contributed by atoms with Gasteiger partial charge in [-0.05, 0) is 83.3 Å². The molecule has 0 aliphatic carbocycles. The second kappa shape index (κ2) is 14.5. The number of nitrogens with zero attached hydrogens (tertiary/aromatic N) is 5. The lowest BCUT2D eigenvalue weighted by Gasteiger charge is -2.25. The molecule has 0 aliphatic heterocycles. The number of hydrogen-bond donors (Lipinski definition) is 0. The number of amides is 2. The number of carbonyl (C=O) groups is 2. The number of benzene rings is 2. The summed E-state index contributed by atoms with van der Waals surface area (Å²) in [5.41, 5.74) is 3.58. The van der Waals surface area contributed by atoms with Gasteiger partial charge in [0.1, 0.15) is 0 Å². The van der Waals surface area contributed by atoms with Crippen molar-refractivity contribution < 1.29 is 9.59 Å². The third-order valence-electron chi connectivity index (χ3n) is 8.17. The molecule has 39 heavy (non-hydrogen) atoms. The molecule has 0 bridgehead atoms. The molecule has 1 heterocycles. The first-order valence-corrected chi connectivity index (χ1v) is 15.0. The van der Waals surface area contributed by atoms with E-state index >= 15 is 0 Å². The summed E-state index contributed by atoms with van der Waals surface area (Å²) >= 11 is 0. The van der Waals surface area contributed by atoms with Crippen LogP contribution >= 0.6 is 0 Å². The van der Waals surface area contributed by atoms with Crippen LogP contribution in [0.3, 0.4) is 0 Å². The van der Waals surface area contributed by atoms with Crippen molar-refractivity contribution in [1.29, 1.82) is 0 Å². The highest BCUT2D eigenvalue weighted by Gasteiger charge is 2.20. The van der Waals surface area contributed by atoms with Gasteiger partial charge in [0.15, 0.2) is 0 Å². The van der Waals surface area contributed by atoms with E-state index < -0.39 is 0 Å². The lowest BCUT2D eigenvalue weighted by Crippen LogP contribution is -2.38. The largest absolute Gasteiger partial charge is 0.341 e. The third kappa shape index (κ3) is 6.82. The van der Waals surface area contributed by atoms with Gasteiger partial charge in [-0.25, -0.2) is 0 Å². The molecule has 0 radical (unpaired) electrons. The van der Waals surface area contributed by atoms with E-state index in [4.69, 9.17) is 0 Å². The summed E-state index contributed by atoms with van der Waals surface area (Å²) in [6.45, 7) is 24.1. The molecular weight excluding hydrogens is 486 g/mol. The molecule has 0 atom stereocenters. The van der Waals surface area contributed by atoms with Crippen LogP contribution in [0.5, 0.6) is 0 Å². The zero-order valence-electron chi connectivity index (χ0n) is 25.3. The van der Waals surface area contributed by atoms with Gasteiger partial charge in [-0.3, -0.25) is 9.59 Å².